The molecule has 1 aliphatic carbocycles. The minimum Gasteiger partial charge on any atom is -0.310 e. The van der Waals surface area contributed by atoms with Crippen molar-refractivity contribution in [3.05, 3.63) is 34.1 Å². The molecule has 1 fully saturated rings. The zero-order valence-corrected chi connectivity index (χ0v) is 10.2. The van der Waals surface area contributed by atoms with Crippen LogP contribution in [0.3, 0.4) is 0 Å². The van der Waals surface area contributed by atoms with Gasteiger partial charge >= 0.3 is 0 Å². The van der Waals surface area contributed by atoms with Crippen molar-refractivity contribution in [2.45, 2.75) is 18.9 Å². The predicted octanol–water partition coefficient (Wildman–Crippen LogP) is 3.15. The van der Waals surface area contributed by atoms with Crippen LogP contribution in [-0.4, -0.2) is 17.6 Å². The van der Waals surface area contributed by atoms with Gasteiger partial charge < -0.3 is 5.32 Å². The molecule has 1 saturated heterocycles. The highest BCUT2D eigenvalue weighted by Crippen LogP contribution is 2.37. The Balaban J connectivity index is 1.90. The molecule has 0 amide bonds. The van der Waals surface area contributed by atoms with Gasteiger partial charge in [-0.05, 0) is 42.5 Å². The molecule has 2 aliphatic rings. The molecule has 1 aliphatic heterocycles. The number of rotatable bonds is 1. The molecular formula is C12H12Cl2N2. The smallest absolute Gasteiger partial charge is 0.147 e. The van der Waals surface area contributed by atoms with Gasteiger partial charge in [0.25, 0.3) is 0 Å². The monoisotopic (exact) mass is 254 g/mol. The van der Waals surface area contributed by atoms with Gasteiger partial charge in [0.1, 0.15) is 5.15 Å². The van der Waals surface area contributed by atoms with Crippen LogP contribution in [-0.2, 0) is 0 Å². The summed E-state index contributed by atoms with van der Waals surface area (Å²) < 4.78 is 0. The fourth-order valence-electron chi connectivity index (χ4n) is 2.58. The van der Waals surface area contributed by atoms with E-state index in [1.807, 2.05) is 6.07 Å². The third-order valence-corrected chi connectivity index (χ3v) is 4.12. The number of nitrogens with one attached hydrogen (secondary N) is 1. The Morgan fingerprint density at radius 3 is 3.00 bits per heavy atom. The average molecular weight is 255 g/mol. The zero-order valence-electron chi connectivity index (χ0n) is 8.71. The van der Waals surface area contributed by atoms with Crippen LogP contribution in [0.2, 0.25) is 10.2 Å². The molecule has 2 heterocycles. The van der Waals surface area contributed by atoms with Gasteiger partial charge in [-0.3, -0.25) is 0 Å². The maximum atomic E-state index is 5.98. The van der Waals surface area contributed by atoms with Crippen LogP contribution in [0, 0.1) is 5.92 Å². The lowest BCUT2D eigenvalue weighted by atomic mass is 10.00. The summed E-state index contributed by atoms with van der Waals surface area (Å²) >= 11 is 11.8. The van der Waals surface area contributed by atoms with E-state index in [1.165, 1.54) is 12.0 Å². The van der Waals surface area contributed by atoms with E-state index < -0.39 is 0 Å². The number of halogens is 2. The number of aromatic nitrogens is 1. The summed E-state index contributed by atoms with van der Waals surface area (Å²) in [4.78, 5) is 4.09. The molecule has 0 bridgehead atoms. The fraction of sp³-hybridized carbons (Fsp3) is 0.417. The van der Waals surface area contributed by atoms with Crippen LogP contribution < -0.4 is 5.32 Å². The SMILES string of the molecule is Clc1cc(C2=CC3NCCC3C2)cnc1Cl. The molecule has 2 atom stereocenters. The summed E-state index contributed by atoms with van der Waals surface area (Å²) in [7, 11) is 0. The van der Waals surface area contributed by atoms with Crippen LogP contribution >= 0.6 is 23.2 Å². The lowest BCUT2D eigenvalue weighted by molar-refractivity contribution is 0.553. The summed E-state index contributed by atoms with van der Waals surface area (Å²) in [5.74, 6) is 0.754. The molecule has 1 aromatic rings. The van der Waals surface area contributed by atoms with E-state index in [4.69, 9.17) is 23.2 Å². The van der Waals surface area contributed by atoms with Crippen molar-refractivity contribution in [2.75, 3.05) is 6.54 Å². The minimum absolute atomic E-state index is 0.377. The van der Waals surface area contributed by atoms with Gasteiger partial charge in [0.2, 0.25) is 0 Å². The van der Waals surface area contributed by atoms with Crippen molar-refractivity contribution in [3.63, 3.8) is 0 Å². The first-order valence-corrected chi connectivity index (χ1v) is 6.25. The van der Waals surface area contributed by atoms with E-state index >= 15 is 0 Å². The van der Waals surface area contributed by atoms with Crippen molar-refractivity contribution in [2.24, 2.45) is 5.92 Å². The third-order valence-electron chi connectivity index (χ3n) is 3.43. The molecule has 1 aromatic heterocycles. The molecule has 16 heavy (non-hydrogen) atoms. The van der Waals surface area contributed by atoms with Gasteiger partial charge in [0.05, 0.1) is 5.02 Å². The van der Waals surface area contributed by atoms with E-state index in [0.717, 1.165) is 24.4 Å². The molecule has 2 unspecified atom stereocenters. The molecule has 84 valence electrons. The highest BCUT2D eigenvalue weighted by atomic mass is 35.5. The van der Waals surface area contributed by atoms with Gasteiger partial charge in [-0.1, -0.05) is 29.3 Å². The topological polar surface area (TPSA) is 24.9 Å². The molecular weight excluding hydrogens is 243 g/mol. The van der Waals surface area contributed by atoms with Crippen molar-refractivity contribution < 1.29 is 0 Å². The zero-order chi connectivity index (χ0) is 11.1. The van der Waals surface area contributed by atoms with Crippen LogP contribution in [0.5, 0.6) is 0 Å². The lowest BCUT2D eigenvalue weighted by Gasteiger charge is -2.06. The average Bonchev–Trinajstić information content (AvgIpc) is 2.81. The fourth-order valence-corrected chi connectivity index (χ4v) is 2.85. The Labute approximate surface area is 105 Å². The Morgan fingerprint density at radius 1 is 1.38 bits per heavy atom. The largest absolute Gasteiger partial charge is 0.310 e. The molecule has 0 spiro atoms. The quantitative estimate of drug-likeness (QED) is 0.780. The first kappa shape index (κ1) is 10.6. The molecule has 0 aromatic carbocycles. The van der Waals surface area contributed by atoms with Crippen molar-refractivity contribution in [1.82, 2.24) is 10.3 Å². The number of fused-ring (bicyclic) bond motifs is 1. The van der Waals surface area contributed by atoms with Crippen molar-refractivity contribution in [1.29, 1.82) is 0 Å². The summed E-state index contributed by atoms with van der Waals surface area (Å²) in [6.07, 6.45) is 6.50. The van der Waals surface area contributed by atoms with Crippen LogP contribution in [0.25, 0.3) is 5.57 Å². The third kappa shape index (κ3) is 1.75. The highest BCUT2D eigenvalue weighted by Gasteiger charge is 2.31. The van der Waals surface area contributed by atoms with Gasteiger partial charge in [0, 0.05) is 12.2 Å². The number of hydrogen-bond donors (Lipinski definition) is 1. The van der Waals surface area contributed by atoms with Crippen LogP contribution in [0.15, 0.2) is 18.3 Å². The van der Waals surface area contributed by atoms with Gasteiger partial charge in [-0.25, -0.2) is 4.98 Å². The number of pyridine rings is 1. The van der Waals surface area contributed by atoms with Crippen molar-refractivity contribution >= 4 is 28.8 Å². The van der Waals surface area contributed by atoms with Gasteiger partial charge in [0.15, 0.2) is 0 Å². The maximum absolute atomic E-state index is 5.98. The Hall–Kier alpha value is -0.570. The molecule has 3 rings (SSSR count). The minimum atomic E-state index is 0.377. The molecule has 0 saturated carbocycles. The van der Waals surface area contributed by atoms with Gasteiger partial charge in [-0.15, -0.1) is 0 Å². The summed E-state index contributed by atoms with van der Waals surface area (Å²) in [6, 6.07) is 2.45. The van der Waals surface area contributed by atoms with E-state index in [-0.39, 0.29) is 0 Å². The number of allylic oxidation sites excluding steroid dienone is 1. The van der Waals surface area contributed by atoms with Crippen LogP contribution in [0.1, 0.15) is 18.4 Å². The first-order chi connectivity index (χ1) is 7.74. The normalized spacial score (nSPS) is 28.0. The van der Waals surface area contributed by atoms with Gasteiger partial charge in [-0.2, -0.15) is 0 Å². The van der Waals surface area contributed by atoms with E-state index in [2.05, 4.69) is 16.4 Å². The second-order valence-electron chi connectivity index (χ2n) is 4.42. The highest BCUT2D eigenvalue weighted by molar-refractivity contribution is 6.41. The summed E-state index contributed by atoms with van der Waals surface area (Å²) in [6.45, 7) is 1.14. The standard InChI is InChI=1S/C12H12Cl2N2/c13-10-4-9(6-16-12(10)14)8-3-7-1-2-15-11(7)5-8/h4-7,11,15H,1-3H2. The second-order valence-corrected chi connectivity index (χ2v) is 5.19. The predicted molar refractivity (Wildman–Crippen MR) is 66.7 cm³/mol. The molecule has 4 heteroatoms. The van der Waals surface area contributed by atoms with E-state index in [1.54, 1.807) is 6.20 Å². The summed E-state index contributed by atoms with van der Waals surface area (Å²) in [5, 5.41) is 4.40. The van der Waals surface area contributed by atoms with E-state index in [0.29, 0.717) is 16.2 Å². The molecule has 0 radical (unpaired) electrons. The Bertz CT molecular complexity index is 456. The Morgan fingerprint density at radius 2 is 2.25 bits per heavy atom. The first-order valence-electron chi connectivity index (χ1n) is 5.49. The second kappa shape index (κ2) is 4.02. The molecule has 2 nitrogen and oxygen atoms in total. The van der Waals surface area contributed by atoms with Crippen LogP contribution in [0.4, 0.5) is 0 Å². The molecule has 1 N–H and O–H groups in total. The number of hydrogen-bond acceptors (Lipinski definition) is 2. The summed E-state index contributed by atoms with van der Waals surface area (Å²) in [5.41, 5.74) is 2.44. The number of nitrogens with zero attached hydrogens (tertiary/aromatic N) is 1. The Kier molecular flexibility index (Phi) is 2.66. The van der Waals surface area contributed by atoms with E-state index in [9.17, 15) is 0 Å². The van der Waals surface area contributed by atoms with Crippen molar-refractivity contribution in [3.8, 4) is 0 Å². The lowest BCUT2D eigenvalue weighted by Crippen LogP contribution is -2.20. The maximum Gasteiger partial charge on any atom is 0.147 e.